The molecule has 2 atom stereocenters. The summed E-state index contributed by atoms with van der Waals surface area (Å²) in [5.74, 6) is 1.48. The summed E-state index contributed by atoms with van der Waals surface area (Å²) in [5.41, 5.74) is 1.52. The zero-order valence-electron chi connectivity index (χ0n) is 12.4. The fourth-order valence-corrected chi connectivity index (χ4v) is 3.30. The first-order valence-electron chi connectivity index (χ1n) is 7.36. The first kappa shape index (κ1) is 12.9. The number of hydrogen-bond acceptors (Lipinski definition) is 6. The molecule has 5 rings (SSSR count). The summed E-state index contributed by atoms with van der Waals surface area (Å²) in [4.78, 5) is 0. The van der Waals surface area contributed by atoms with E-state index >= 15 is 0 Å². The summed E-state index contributed by atoms with van der Waals surface area (Å²) < 4.78 is 27.8. The number of benzene rings is 2. The Bertz CT molecular complexity index is 817. The molecule has 0 amide bonds. The molecule has 23 heavy (non-hydrogen) atoms. The molecule has 6 heteroatoms. The molecule has 6 nitrogen and oxygen atoms in total. The third kappa shape index (κ3) is 1.66. The fraction of sp³-hybridized carbons (Fsp3) is 0.294. The molecule has 2 aromatic carbocycles. The summed E-state index contributed by atoms with van der Waals surface area (Å²) in [6.45, 7) is 0.168. The molecule has 0 spiro atoms. The Balaban J connectivity index is 1.61. The monoisotopic (exact) mass is 314 g/mol. The SMILES string of the molecule is COc1ccc2c(c1)O[C@]1(O)c3cc4c(cc3O[C@@H]1C2)OCO4. The predicted molar refractivity (Wildman–Crippen MR) is 78.2 cm³/mol. The summed E-state index contributed by atoms with van der Waals surface area (Å²) in [5, 5.41) is 11.1. The van der Waals surface area contributed by atoms with Crippen LogP contribution in [0, 0.1) is 0 Å². The van der Waals surface area contributed by atoms with E-state index in [4.69, 9.17) is 23.7 Å². The topological polar surface area (TPSA) is 66.4 Å². The minimum atomic E-state index is -1.55. The molecular formula is C17H14O6. The van der Waals surface area contributed by atoms with Gasteiger partial charge in [0.1, 0.15) is 17.2 Å². The van der Waals surface area contributed by atoms with Gasteiger partial charge in [0, 0.05) is 18.6 Å². The van der Waals surface area contributed by atoms with E-state index in [1.54, 1.807) is 25.3 Å². The van der Waals surface area contributed by atoms with Gasteiger partial charge in [0.15, 0.2) is 17.6 Å². The Morgan fingerprint density at radius 2 is 1.91 bits per heavy atom. The van der Waals surface area contributed by atoms with Crippen molar-refractivity contribution >= 4 is 0 Å². The Hall–Kier alpha value is -2.60. The number of fused-ring (bicyclic) bond motifs is 5. The van der Waals surface area contributed by atoms with Crippen molar-refractivity contribution in [2.45, 2.75) is 18.3 Å². The van der Waals surface area contributed by atoms with Crippen molar-refractivity contribution < 1.29 is 28.8 Å². The first-order chi connectivity index (χ1) is 11.2. The van der Waals surface area contributed by atoms with Crippen LogP contribution in [0.2, 0.25) is 0 Å². The van der Waals surface area contributed by atoms with Gasteiger partial charge < -0.3 is 28.8 Å². The largest absolute Gasteiger partial charge is 0.497 e. The second-order valence-corrected chi connectivity index (χ2v) is 5.78. The van der Waals surface area contributed by atoms with Gasteiger partial charge in [-0.15, -0.1) is 0 Å². The van der Waals surface area contributed by atoms with Crippen molar-refractivity contribution in [1.29, 1.82) is 0 Å². The first-order valence-corrected chi connectivity index (χ1v) is 7.36. The van der Waals surface area contributed by atoms with E-state index in [1.165, 1.54) is 0 Å². The van der Waals surface area contributed by atoms with Gasteiger partial charge in [0.05, 0.1) is 12.7 Å². The molecule has 118 valence electrons. The molecule has 3 aliphatic heterocycles. The summed E-state index contributed by atoms with van der Waals surface area (Å²) in [6, 6.07) is 9.02. The van der Waals surface area contributed by atoms with Crippen LogP contribution in [0.1, 0.15) is 11.1 Å². The van der Waals surface area contributed by atoms with E-state index in [0.29, 0.717) is 40.7 Å². The normalized spacial score (nSPS) is 25.7. The van der Waals surface area contributed by atoms with E-state index in [2.05, 4.69) is 0 Å². The van der Waals surface area contributed by atoms with Crippen LogP contribution >= 0.6 is 0 Å². The van der Waals surface area contributed by atoms with Crippen molar-refractivity contribution in [3.05, 3.63) is 41.5 Å². The van der Waals surface area contributed by atoms with Crippen molar-refractivity contribution in [1.82, 2.24) is 0 Å². The molecule has 0 unspecified atom stereocenters. The van der Waals surface area contributed by atoms with E-state index in [9.17, 15) is 5.11 Å². The van der Waals surface area contributed by atoms with Gasteiger partial charge in [-0.05, 0) is 17.7 Å². The van der Waals surface area contributed by atoms with Crippen LogP contribution in [0.25, 0.3) is 0 Å². The van der Waals surface area contributed by atoms with Crippen LogP contribution in [-0.2, 0) is 12.2 Å². The van der Waals surface area contributed by atoms with Gasteiger partial charge in [-0.3, -0.25) is 0 Å². The average Bonchev–Trinajstić information content (AvgIpc) is 3.11. The van der Waals surface area contributed by atoms with Gasteiger partial charge in [-0.2, -0.15) is 0 Å². The van der Waals surface area contributed by atoms with Gasteiger partial charge in [-0.25, -0.2) is 0 Å². The average molecular weight is 314 g/mol. The van der Waals surface area contributed by atoms with E-state index in [0.717, 1.165) is 5.56 Å². The predicted octanol–water partition coefficient (Wildman–Crippen LogP) is 1.97. The molecule has 2 aromatic rings. The molecule has 0 radical (unpaired) electrons. The quantitative estimate of drug-likeness (QED) is 0.868. The highest BCUT2D eigenvalue weighted by Crippen LogP contribution is 2.52. The Labute approximate surface area is 132 Å². The molecule has 0 aromatic heterocycles. The summed E-state index contributed by atoms with van der Waals surface area (Å²) in [6.07, 6.45) is 0.0255. The van der Waals surface area contributed by atoms with Crippen LogP contribution in [0.5, 0.6) is 28.7 Å². The zero-order valence-corrected chi connectivity index (χ0v) is 12.4. The van der Waals surface area contributed by atoms with Crippen LogP contribution in [0.15, 0.2) is 30.3 Å². The lowest BCUT2D eigenvalue weighted by atomic mass is 9.93. The maximum absolute atomic E-state index is 11.1. The highest BCUT2D eigenvalue weighted by atomic mass is 16.7. The van der Waals surface area contributed by atoms with Crippen LogP contribution in [0.4, 0.5) is 0 Å². The Morgan fingerprint density at radius 1 is 1.09 bits per heavy atom. The maximum Gasteiger partial charge on any atom is 0.276 e. The van der Waals surface area contributed by atoms with E-state index in [1.807, 2.05) is 12.1 Å². The van der Waals surface area contributed by atoms with Gasteiger partial charge in [-0.1, -0.05) is 6.07 Å². The highest BCUT2D eigenvalue weighted by Gasteiger charge is 2.54. The van der Waals surface area contributed by atoms with Crippen molar-refractivity contribution in [2.75, 3.05) is 13.9 Å². The Morgan fingerprint density at radius 3 is 2.74 bits per heavy atom. The molecule has 0 aliphatic carbocycles. The van der Waals surface area contributed by atoms with E-state index < -0.39 is 11.9 Å². The molecule has 0 bridgehead atoms. The zero-order chi connectivity index (χ0) is 15.6. The van der Waals surface area contributed by atoms with Crippen molar-refractivity contribution in [3.8, 4) is 28.7 Å². The van der Waals surface area contributed by atoms with Crippen molar-refractivity contribution in [2.24, 2.45) is 0 Å². The Kier molecular flexibility index (Phi) is 2.37. The molecule has 1 N–H and O–H groups in total. The van der Waals surface area contributed by atoms with Gasteiger partial charge >= 0.3 is 0 Å². The third-order valence-electron chi connectivity index (χ3n) is 4.51. The number of ether oxygens (including phenoxy) is 5. The van der Waals surface area contributed by atoms with Crippen LogP contribution in [-0.4, -0.2) is 25.1 Å². The summed E-state index contributed by atoms with van der Waals surface area (Å²) >= 11 is 0. The lowest BCUT2D eigenvalue weighted by Crippen LogP contribution is -2.47. The molecule has 0 saturated carbocycles. The van der Waals surface area contributed by atoms with E-state index in [-0.39, 0.29) is 6.79 Å². The third-order valence-corrected chi connectivity index (χ3v) is 4.51. The second-order valence-electron chi connectivity index (χ2n) is 5.78. The maximum atomic E-state index is 11.1. The van der Waals surface area contributed by atoms with Crippen molar-refractivity contribution in [3.63, 3.8) is 0 Å². The molecule has 3 aliphatic rings. The molecule has 0 saturated heterocycles. The number of aliphatic hydroxyl groups is 1. The summed E-state index contributed by atoms with van der Waals surface area (Å²) in [7, 11) is 1.59. The molecule has 3 heterocycles. The number of hydrogen-bond donors (Lipinski definition) is 1. The standard InChI is InChI=1S/C17H14O6/c1-19-10-3-2-9-4-16-17(18,23-12(9)5-10)11-6-14-15(21-8-20-14)7-13(11)22-16/h2-3,5-7,16,18H,4,8H2,1H3/t16-,17-/m1/s1. The second kappa shape index (κ2) is 4.23. The molecule has 0 fully saturated rings. The highest BCUT2D eigenvalue weighted by molar-refractivity contribution is 5.57. The number of methoxy groups -OCH3 is 1. The van der Waals surface area contributed by atoms with Crippen LogP contribution < -0.4 is 23.7 Å². The smallest absolute Gasteiger partial charge is 0.276 e. The lowest BCUT2D eigenvalue weighted by molar-refractivity contribution is -0.196. The van der Waals surface area contributed by atoms with Crippen LogP contribution in [0.3, 0.4) is 0 Å². The fourth-order valence-electron chi connectivity index (χ4n) is 3.30. The minimum Gasteiger partial charge on any atom is -0.497 e. The number of rotatable bonds is 1. The van der Waals surface area contributed by atoms with Gasteiger partial charge in [0.25, 0.3) is 5.79 Å². The molecular weight excluding hydrogens is 300 g/mol. The minimum absolute atomic E-state index is 0.168. The van der Waals surface area contributed by atoms with Gasteiger partial charge in [0.2, 0.25) is 6.79 Å². The lowest BCUT2D eigenvalue weighted by Gasteiger charge is -2.35.